The van der Waals surface area contributed by atoms with Crippen LogP contribution in [0.25, 0.3) is 0 Å². The van der Waals surface area contributed by atoms with E-state index in [0.29, 0.717) is 0 Å². The molecule has 0 rings (SSSR count). The van der Waals surface area contributed by atoms with Crippen LogP contribution in [0.1, 0.15) is 0 Å². The Bertz CT molecular complexity index is 117. The van der Waals surface area contributed by atoms with Gasteiger partial charge in [0, 0.05) is 0 Å². The van der Waals surface area contributed by atoms with Crippen molar-refractivity contribution in [3.8, 4) is 0 Å². The predicted molar refractivity (Wildman–Crippen MR) is 23.4 cm³/mol. The van der Waals surface area contributed by atoms with Crippen LogP contribution in [0, 0.1) is 83.5 Å². The van der Waals surface area contributed by atoms with Gasteiger partial charge in [0.05, 0.1) is 0 Å². The minimum atomic E-state index is -2.33. The molecule has 13 heteroatoms. The summed E-state index contributed by atoms with van der Waals surface area (Å²) >= 11 is 0. The first-order valence-electron chi connectivity index (χ1n) is 1.84. The maximum atomic E-state index is 8.33. The van der Waals surface area contributed by atoms with Gasteiger partial charge in [0.1, 0.15) is 0 Å². The third kappa shape index (κ3) is 11300. The second-order valence-electron chi connectivity index (χ2n) is 0.750. The maximum absolute atomic E-state index is 8.33. The molecule has 0 atom stereocenters. The molecule has 0 spiro atoms. The second-order valence-corrected chi connectivity index (χ2v) is 0.750. The molecular weight excluding hydrogens is 492 g/mol. The van der Waals surface area contributed by atoms with Crippen molar-refractivity contribution < 1.29 is 139 Å². The molecule has 0 saturated carbocycles. The Morgan fingerprint density at radius 1 is 0.500 bits per heavy atom. The van der Waals surface area contributed by atoms with E-state index in [4.69, 9.17) is 45.0 Å². The molecule has 11 nitrogen and oxygen atoms in total. The summed E-state index contributed by atoms with van der Waals surface area (Å²) in [5.41, 5.74) is 0. The smallest absolute Gasteiger partial charge is 0.652 e. The van der Waals surface area contributed by atoms with E-state index in [2.05, 4.69) is 0 Å². The zero-order valence-corrected chi connectivity index (χ0v) is 13.5. The van der Waals surface area contributed by atoms with Gasteiger partial charge < -0.3 is 56.0 Å². The van der Waals surface area contributed by atoms with Gasteiger partial charge in [0.2, 0.25) is 0 Å². The fraction of sp³-hybridized carbons (Fsp3) is 0. The summed E-state index contributed by atoms with van der Waals surface area (Å²) in [5.74, 6) is 0. The fourth-order valence-electron chi connectivity index (χ4n) is 0. The molecule has 0 aliphatic carbocycles. The van der Waals surface area contributed by atoms with Gasteiger partial charge in [0.25, 0.3) is 0 Å². The van der Waals surface area contributed by atoms with Gasteiger partial charge in [-0.2, -0.15) is 0 Å². The molecule has 0 fully saturated rings. The summed E-state index contributed by atoms with van der Waals surface area (Å²) in [6.07, 6.45) is -7.00. The Morgan fingerprint density at radius 3 is 0.500 bits per heavy atom. The molecular formula is C3H4Ce2O11. The molecule has 0 aliphatic rings. The van der Waals surface area contributed by atoms with E-state index in [0.717, 1.165) is 0 Å². The maximum Gasteiger partial charge on any atom is 3.00 e. The normalized spacial score (nSPS) is 4.50. The first-order valence-corrected chi connectivity index (χ1v) is 1.84. The van der Waals surface area contributed by atoms with Crippen LogP contribution in [0.3, 0.4) is 0 Å². The van der Waals surface area contributed by atoms with E-state index in [9.17, 15) is 0 Å². The average Bonchev–Trinajstić information content (AvgIpc) is 1.54. The predicted octanol–water partition coefficient (Wildman–Crippen LogP) is -8.99. The van der Waals surface area contributed by atoms with Crippen molar-refractivity contribution in [2.45, 2.75) is 0 Å². The Morgan fingerprint density at radius 2 is 0.500 bits per heavy atom. The zero-order chi connectivity index (χ0) is 10.7. The third-order valence-electron chi connectivity index (χ3n) is 0. The van der Waals surface area contributed by atoms with Crippen molar-refractivity contribution in [1.82, 2.24) is 0 Å². The van der Waals surface area contributed by atoms with Crippen LogP contribution >= 0.6 is 0 Å². The molecule has 0 aromatic rings. The van der Waals surface area contributed by atoms with E-state index in [1.165, 1.54) is 0 Å². The SMILES string of the molecule is O.O.O=C([O-])[O-].O=C([O-])[O-].O=C([O-])[O-].[Ce+3].[Ce+3]. The Labute approximate surface area is 155 Å². The molecule has 0 amide bonds. The number of carbonyl (C=O) groups is 3. The van der Waals surface area contributed by atoms with Gasteiger partial charge in [-0.15, -0.1) is 0 Å². The van der Waals surface area contributed by atoms with Crippen LogP contribution < -0.4 is 30.6 Å². The molecule has 0 saturated heterocycles. The fourth-order valence-corrected chi connectivity index (χ4v) is 0. The summed E-state index contributed by atoms with van der Waals surface area (Å²) in [6.45, 7) is 0. The first kappa shape index (κ1) is 43.9. The number of hydrogen-bond donors (Lipinski definition) is 0. The molecule has 16 heavy (non-hydrogen) atoms. The zero-order valence-electron chi connectivity index (χ0n) is 7.17. The van der Waals surface area contributed by atoms with Gasteiger partial charge in [-0.25, -0.2) is 0 Å². The van der Waals surface area contributed by atoms with Crippen molar-refractivity contribution in [3.63, 3.8) is 0 Å². The first-order chi connectivity index (χ1) is 5.20. The number of carbonyl (C=O) groups excluding carboxylic acids is 3. The summed E-state index contributed by atoms with van der Waals surface area (Å²) in [5, 5.41) is 50.0. The van der Waals surface area contributed by atoms with E-state index in [1.54, 1.807) is 0 Å². The second kappa shape index (κ2) is 36.1. The summed E-state index contributed by atoms with van der Waals surface area (Å²) < 4.78 is 0. The number of hydrogen-bond acceptors (Lipinski definition) is 9. The van der Waals surface area contributed by atoms with Crippen LogP contribution in [0.2, 0.25) is 0 Å². The summed E-state index contributed by atoms with van der Waals surface area (Å²) in [4.78, 5) is 25.0. The molecule has 0 heterocycles. The van der Waals surface area contributed by atoms with E-state index in [-0.39, 0.29) is 94.4 Å². The van der Waals surface area contributed by atoms with Crippen molar-refractivity contribution in [1.29, 1.82) is 0 Å². The molecule has 2 radical (unpaired) electrons. The van der Waals surface area contributed by atoms with Crippen LogP contribution in [-0.4, -0.2) is 29.4 Å². The standard InChI is InChI=1S/3CH2O3.2Ce.2H2O/c3*2-1(3)4;;;;/h3*(H2,2,3,4);;;2*1H2/q;;;2*+3;;/p-6. The number of rotatable bonds is 0. The van der Waals surface area contributed by atoms with Gasteiger partial charge in [-0.05, 0) is 18.5 Å². The van der Waals surface area contributed by atoms with Crippen LogP contribution in [0.4, 0.5) is 14.4 Å². The number of carboxylic acid groups (broad SMARTS) is 6. The summed E-state index contributed by atoms with van der Waals surface area (Å²) in [7, 11) is 0. The third-order valence-corrected chi connectivity index (χ3v) is 0. The van der Waals surface area contributed by atoms with Crippen molar-refractivity contribution >= 4 is 18.5 Å². The van der Waals surface area contributed by atoms with Gasteiger partial charge >= 0.3 is 83.5 Å². The largest absolute Gasteiger partial charge is 3.00 e. The van der Waals surface area contributed by atoms with Crippen molar-refractivity contribution in [3.05, 3.63) is 0 Å². The van der Waals surface area contributed by atoms with Gasteiger partial charge in [-0.3, -0.25) is 0 Å². The molecule has 4 N–H and O–H groups in total. The Balaban J connectivity index is -0.0000000135. The Hall–Kier alpha value is 0.483. The molecule has 0 aromatic heterocycles. The van der Waals surface area contributed by atoms with Gasteiger partial charge in [-0.1, -0.05) is 0 Å². The van der Waals surface area contributed by atoms with Gasteiger partial charge in [0.15, 0.2) is 0 Å². The molecule has 0 bridgehead atoms. The van der Waals surface area contributed by atoms with Crippen LogP contribution in [0.15, 0.2) is 0 Å². The van der Waals surface area contributed by atoms with Crippen molar-refractivity contribution in [2.24, 2.45) is 0 Å². The topological polar surface area (TPSA) is 253 Å². The summed E-state index contributed by atoms with van der Waals surface area (Å²) in [6, 6.07) is 0. The van der Waals surface area contributed by atoms with Crippen LogP contribution in [-0.2, 0) is 0 Å². The van der Waals surface area contributed by atoms with E-state index >= 15 is 0 Å². The molecule has 90 valence electrons. The monoisotopic (exact) mass is 496 g/mol. The molecule has 0 unspecified atom stereocenters. The molecule has 0 aromatic carbocycles. The van der Waals surface area contributed by atoms with E-state index < -0.39 is 18.5 Å². The Kier molecular flexibility index (Phi) is 99.2. The van der Waals surface area contributed by atoms with Crippen LogP contribution in [0.5, 0.6) is 0 Å². The minimum Gasteiger partial charge on any atom is -0.652 e. The quantitative estimate of drug-likeness (QED) is 0.308. The minimum absolute atomic E-state index is 0. The molecule has 0 aliphatic heterocycles. The average molecular weight is 496 g/mol. The van der Waals surface area contributed by atoms with E-state index in [1.807, 2.05) is 0 Å². The van der Waals surface area contributed by atoms with Crippen molar-refractivity contribution in [2.75, 3.05) is 0 Å².